The second-order valence-electron chi connectivity index (χ2n) is 5.99. The summed E-state index contributed by atoms with van der Waals surface area (Å²) in [5.74, 6) is 0.586. The Kier molecular flexibility index (Phi) is 4.37. The average Bonchev–Trinajstić information content (AvgIpc) is 3.11. The van der Waals surface area contributed by atoms with Crippen molar-refractivity contribution in [1.29, 1.82) is 0 Å². The van der Waals surface area contributed by atoms with Gasteiger partial charge in [0.25, 0.3) is 5.91 Å². The molecule has 128 valence electrons. The molecule has 0 radical (unpaired) electrons. The third-order valence-corrected chi connectivity index (χ3v) is 4.17. The maximum atomic E-state index is 12.6. The van der Waals surface area contributed by atoms with Gasteiger partial charge in [0.2, 0.25) is 0 Å². The lowest BCUT2D eigenvalue weighted by Crippen LogP contribution is -2.20. The topological polar surface area (TPSA) is 99.2 Å². The van der Waals surface area contributed by atoms with Crippen molar-refractivity contribution in [2.24, 2.45) is 13.0 Å². The van der Waals surface area contributed by atoms with Crippen LogP contribution >= 0.6 is 0 Å². The summed E-state index contributed by atoms with van der Waals surface area (Å²) in [6, 6.07) is 0. The first kappa shape index (κ1) is 16.2. The van der Waals surface area contributed by atoms with E-state index in [-0.39, 0.29) is 23.7 Å². The smallest absolute Gasteiger partial charge is 0.343 e. The van der Waals surface area contributed by atoms with Gasteiger partial charge in [-0.05, 0) is 25.7 Å². The maximum absolute atomic E-state index is 12.6. The number of carbonyl (C=O) groups excluding carboxylic acids is 2. The first-order chi connectivity index (χ1) is 11.5. The number of amides is 1. The Morgan fingerprint density at radius 1 is 1.50 bits per heavy atom. The second-order valence-corrected chi connectivity index (χ2v) is 5.99. The van der Waals surface area contributed by atoms with Crippen LogP contribution in [0.2, 0.25) is 0 Å². The molecule has 0 fully saturated rings. The fourth-order valence-electron chi connectivity index (χ4n) is 2.87. The normalized spacial score (nSPS) is 16.5. The number of carbonyl (C=O) groups is 2. The minimum absolute atomic E-state index is 0.207. The number of nitrogens with one attached hydrogen (secondary N) is 1. The number of aromatic nitrogens is 3. The molecule has 0 spiro atoms. The van der Waals surface area contributed by atoms with Gasteiger partial charge in [0.05, 0.1) is 12.8 Å². The van der Waals surface area contributed by atoms with Crippen molar-refractivity contribution in [2.75, 3.05) is 11.9 Å². The highest BCUT2D eigenvalue weighted by Crippen LogP contribution is 2.28. The Morgan fingerprint density at radius 2 is 2.29 bits per heavy atom. The van der Waals surface area contributed by atoms with Gasteiger partial charge >= 0.3 is 5.97 Å². The van der Waals surface area contributed by atoms with Gasteiger partial charge in [-0.1, -0.05) is 12.1 Å². The van der Waals surface area contributed by atoms with Crippen LogP contribution in [0.3, 0.4) is 0 Å². The molecule has 2 heterocycles. The van der Waals surface area contributed by atoms with Gasteiger partial charge < -0.3 is 14.6 Å². The summed E-state index contributed by atoms with van der Waals surface area (Å²) >= 11 is 0. The van der Waals surface area contributed by atoms with E-state index in [0.29, 0.717) is 5.92 Å². The van der Waals surface area contributed by atoms with Crippen LogP contribution in [0.1, 0.15) is 52.4 Å². The zero-order valence-corrected chi connectivity index (χ0v) is 14.0. The monoisotopic (exact) mass is 332 g/mol. The van der Waals surface area contributed by atoms with E-state index in [2.05, 4.69) is 22.5 Å². The van der Waals surface area contributed by atoms with Crippen LogP contribution in [-0.2, 0) is 24.6 Å². The van der Waals surface area contributed by atoms with Crippen molar-refractivity contribution < 1.29 is 18.8 Å². The number of ether oxygens (including phenoxy) is 1. The van der Waals surface area contributed by atoms with E-state index in [4.69, 9.17) is 9.26 Å². The van der Waals surface area contributed by atoms with E-state index < -0.39 is 11.9 Å². The largest absolute Gasteiger partial charge is 0.462 e. The SMILES string of the molecule is CCOC(=O)c1cnn(C)c1NC(=O)c1noc2c1C[C@@H](C)CC2. The summed E-state index contributed by atoms with van der Waals surface area (Å²) in [6.07, 6.45) is 3.94. The molecule has 3 rings (SSSR count). The molecule has 0 aromatic carbocycles. The quantitative estimate of drug-likeness (QED) is 0.859. The van der Waals surface area contributed by atoms with Crippen LogP contribution in [0, 0.1) is 5.92 Å². The van der Waals surface area contributed by atoms with Crippen molar-refractivity contribution in [3.63, 3.8) is 0 Å². The van der Waals surface area contributed by atoms with Gasteiger partial charge in [0, 0.05) is 19.0 Å². The molecule has 8 heteroatoms. The highest BCUT2D eigenvalue weighted by Gasteiger charge is 2.28. The van der Waals surface area contributed by atoms with E-state index in [1.807, 2.05) is 0 Å². The van der Waals surface area contributed by atoms with Gasteiger partial charge in [0.1, 0.15) is 17.1 Å². The molecule has 1 aliphatic rings. The molecular weight excluding hydrogens is 312 g/mol. The van der Waals surface area contributed by atoms with Crippen molar-refractivity contribution in [2.45, 2.75) is 33.1 Å². The lowest BCUT2D eigenvalue weighted by Gasteiger charge is -2.16. The summed E-state index contributed by atoms with van der Waals surface area (Å²) in [5.41, 5.74) is 1.33. The summed E-state index contributed by atoms with van der Waals surface area (Å²) in [5, 5.41) is 10.6. The zero-order valence-electron chi connectivity index (χ0n) is 14.0. The van der Waals surface area contributed by atoms with Crippen molar-refractivity contribution in [3.05, 3.63) is 28.8 Å². The fourth-order valence-corrected chi connectivity index (χ4v) is 2.87. The van der Waals surface area contributed by atoms with Crippen molar-refractivity contribution in [3.8, 4) is 0 Å². The van der Waals surface area contributed by atoms with Crippen LogP contribution in [-0.4, -0.2) is 33.4 Å². The second kappa shape index (κ2) is 6.46. The maximum Gasteiger partial charge on any atom is 0.343 e. The molecule has 0 saturated heterocycles. The van der Waals surface area contributed by atoms with Crippen LogP contribution in [0.15, 0.2) is 10.7 Å². The number of nitrogens with zero attached hydrogens (tertiary/aromatic N) is 3. The number of hydrogen-bond donors (Lipinski definition) is 1. The molecule has 0 bridgehead atoms. The molecule has 2 aromatic rings. The molecule has 8 nitrogen and oxygen atoms in total. The van der Waals surface area contributed by atoms with E-state index in [1.165, 1.54) is 10.9 Å². The third-order valence-electron chi connectivity index (χ3n) is 4.17. The predicted octanol–water partition coefficient (Wildman–Crippen LogP) is 1.96. The first-order valence-electron chi connectivity index (χ1n) is 7.99. The molecule has 0 aliphatic heterocycles. The number of rotatable bonds is 4. The number of aryl methyl sites for hydroxylation is 2. The Morgan fingerprint density at radius 3 is 3.04 bits per heavy atom. The van der Waals surface area contributed by atoms with E-state index in [0.717, 1.165) is 30.6 Å². The molecule has 1 atom stereocenters. The summed E-state index contributed by atoms with van der Waals surface area (Å²) in [6.45, 7) is 4.10. The number of esters is 1. The lowest BCUT2D eigenvalue weighted by molar-refractivity contribution is 0.0527. The molecular formula is C16H20N4O4. The van der Waals surface area contributed by atoms with E-state index >= 15 is 0 Å². The number of fused-ring (bicyclic) bond motifs is 1. The molecule has 0 saturated carbocycles. The molecule has 1 aliphatic carbocycles. The molecule has 1 N–H and O–H groups in total. The first-order valence-corrected chi connectivity index (χ1v) is 7.99. The highest BCUT2D eigenvalue weighted by atomic mass is 16.5. The minimum Gasteiger partial charge on any atom is -0.462 e. The Balaban J connectivity index is 1.85. The Bertz CT molecular complexity index is 777. The standard InChI is InChI=1S/C16H20N4O4/c1-4-23-16(22)11-8-17-20(3)14(11)18-15(21)13-10-7-9(2)5-6-12(10)24-19-13/h8-9H,4-7H2,1-3H3,(H,18,21)/t9-/m0/s1. The summed E-state index contributed by atoms with van der Waals surface area (Å²) < 4.78 is 11.7. The van der Waals surface area contributed by atoms with Crippen molar-refractivity contribution in [1.82, 2.24) is 14.9 Å². The van der Waals surface area contributed by atoms with Crippen LogP contribution in [0.25, 0.3) is 0 Å². The van der Waals surface area contributed by atoms with E-state index in [9.17, 15) is 9.59 Å². The van der Waals surface area contributed by atoms with Gasteiger partial charge in [-0.15, -0.1) is 0 Å². The van der Waals surface area contributed by atoms with Gasteiger partial charge in [-0.2, -0.15) is 5.10 Å². The van der Waals surface area contributed by atoms with Crippen LogP contribution in [0.5, 0.6) is 0 Å². The number of hydrogen-bond acceptors (Lipinski definition) is 6. The zero-order chi connectivity index (χ0) is 17.3. The molecule has 2 aromatic heterocycles. The predicted molar refractivity (Wildman–Crippen MR) is 84.8 cm³/mol. The minimum atomic E-state index is -0.531. The average molecular weight is 332 g/mol. The fraction of sp³-hybridized carbons (Fsp3) is 0.500. The number of anilines is 1. The van der Waals surface area contributed by atoms with Crippen LogP contribution in [0.4, 0.5) is 5.82 Å². The summed E-state index contributed by atoms with van der Waals surface area (Å²) in [7, 11) is 1.64. The molecule has 1 amide bonds. The third kappa shape index (κ3) is 2.91. The van der Waals surface area contributed by atoms with Gasteiger partial charge in [-0.25, -0.2) is 4.79 Å². The molecule has 0 unspecified atom stereocenters. The highest BCUT2D eigenvalue weighted by molar-refractivity contribution is 6.07. The Hall–Kier alpha value is -2.64. The molecule has 24 heavy (non-hydrogen) atoms. The van der Waals surface area contributed by atoms with E-state index in [1.54, 1.807) is 14.0 Å². The Labute approximate surface area is 139 Å². The van der Waals surface area contributed by atoms with Crippen molar-refractivity contribution >= 4 is 17.7 Å². The lowest BCUT2D eigenvalue weighted by atomic mass is 9.88. The van der Waals surface area contributed by atoms with Crippen LogP contribution < -0.4 is 5.32 Å². The van der Waals surface area contributed by atoms with Gasteiger partial charge in [-0.3, -0.25) is 9.48 Å². The summed E-state index contributed by atoms with van der Waals surface area (Å²) in [4.78, 5) is 24.6. The van der Waals surface area contributed by atoms with Gasteiger partial charge in [0.15, 0.2) is 5.69 Å².